The highest BCUT2D eigenvalue weighted by molar-refractivity contribution is 7.20. The first-order valence-corrected chi connectivity index (χ1v) is 9.33. The van der Waals surface area contributed by atoms with Crippen LogP contribution in [0.3, 0.4) is 0 Å². The maximum atomic E-state index is 12.8. The van der Waals surface area contributed by atoms with E-state index in [4.69, 9.17) is 0 Å². The van der Waals surface area contributed by atoms with Gasteiger partial charge in [-0.3, -0.25) is 9.69 Å². The molecule has 5 rings (SSSR count). The van der Waals surface area contributed by atoms with E-state index in [-0.39, 0.29) is 17.5 Å². The van der Waals surface area contributed by atoms with E-state index in [0.717, 1.165) is 4.88 Å². The lowest BCUT2D eigenvalue weighted by atomic mass is 9.72. The predicted octanol–water partition coefficient (Wildman–Crippen LogP) is 3.81. The Morgan fingerprint density at radius 2 is 2.00 bits per heavy atom. The molecule has 4 heteroatoms. The lowest BCUT2D eigenvalue weighted by Crippen LogP contribution is -2.69. The summed E-state index contributed by atoms with van der Waals surface area (Å²) in [6.07, 6.45) is 2.42. The Balaban J connectivity index is 1.59. The van der Waals surface area contributed by atoms with Gasteiger partial charge in [0.2, 0.25) is 0 Å². The van der Waals surface area contributed by atoms with Crippen LogP contribution in [0.2, 0.25) is 0 Å². The fourth-order valence-corrected chi connectivity index (χ4v) is 5.31. The van der Waals surface area contributed by atoms with Crippen LogP contribution in [0.5, 0.6) is 0 Å². The molecule has 0 saturated carbocycles. The molecule has 3 aliphatic heterocycles. The second-order valence-corrected chi connectivity index (χ2v) is 8.66. The van der Waals surface area contributed by atoms with Crippen LogP contribution < -0.4 is 5.32 Å². The largest absolute Gasteiger partial charge is 0.346 e. The fourth-order valence-electron chi connectivity index (χ4n) is 4.36. The molecule has 1 atom stereocenters. The van der Waals surface area contributed by atoms with Crippen LogP contribution in [0.25, 0.3) is 10.1 Å². The first-order valence-electron chi connectivity index (χ1n) is 8.51. The van der Waals surface area contributed by atoms with Crippen molar-refractivity contribution in [2.24, 2.45) is 5.92 Å². The highest BCUT2D eigenvalue weighted by Gasteiger charge is 2.48. The summed E-state index contributed by atoms with van der Waals surface area (Å²) in [4.78, 5) is 16.2. The zero-order valence-electron chi connectivity index (χ0n) is 14.1. The monoisotopic (exact) mass is 328 g/mol. The molecule has 3 fully saturated rings. The van der Waals surface area contributed by atoms with Gasteiger partial charge in [0.15, 0.2) is 0 Å². The Labute approximate surface area is 141 Å². The molecular weight excluding hydrogens is 304 g/mol. The fraction of sp³-hybridized carbons (Fsp3) is 0.526. The van der Waals surface area contributed by atoms with Gasteiger partial charge in [0, 0.05) is 16.3 Å². The van der Waals surface area contributed by atoms with Crippen molar-refractivity contribution in [3.05, 3.63) is 34.7 Å². The Kier molecular flexibility index (Phi) is 3.50. The predicted molar refractivity (Wildman–Crippen MR) is 96.2 cm³/mol. The number of fused-ring (bicyclic) bond motifs is 4. The third kappa shape index (κ3) is 2.48. The number of carbonyl (C=O) groups is 1. The minimum Gasteiger partial charge on any atom is -0.346 e. The summed E-state index contributed by atoms with van der Waals surface area (Å²) >= 11 is 1.60. The van der Waals surface area contributed by atoms with Gasteiger partial charge in [0.1, 0.15) is 0 Å². The molecule has 0 unspecified atom stereocenters. The molecule has 2 aromatic rings. The van der Waals surface area contributed by atoms with Gasteiger partial charge >= 0.3 is 0 Å². The molecule has 1 aromatic carbocycles. The quantitative estimate of drug-likeness (QED) is 0.909. The maximum absolute atomic E-state index is 12.8. The third-order valence-corrected chi connectivity index (χ3v) is 6.88. The number of piperidine rings is 3. The molecule has 4 heterocycles. The summed E-state index contributed by atoms with van der Waals surface area (Å²) in [7, 11) is 0. The molecule has 122 valence electrons. The van der Waals surface area contributed by atoms with Gasteiger partial charge in [-0.15, -0.1) is 11.3 Å². The number of thiophene rings is 1. The first kappa shape index (κ1) is 15.2. The van der Waals surface area contributed by atoms with Crippen LogP contribution in [0.15, 0.2) is 24.3 Å². The standard InChI is InChI=1S/C19H24N2OS/c1-12-4-5-15-14(10-12)11-16(23-15)18(22)20-17-13-6-8-21(9-7-13)19(17,2)3/h4-5,10-11,13,17H,6-9H2,1-3H3,(H,20,22)/t17-/m0/s1. The summed E-state index contributed by atoms with van der Waals surface area (Å²) in [5, 5.41) is 4.54. The molecule has 3 aliphatic rings. The number of nitrogens with one attached hydrogen (secondary N) is 1. The smallest absolute Gasteiger partial charge is 0.261 e. The number of rotatable bonds is 2. The van der Waals surface area contributed by atoms with Gasteiger partial charge in [-0.1, -0.05) is 17.7 Å². The van der Waals surface area contributed by atoms with Crippen LogP contribution in [0.1, 0.15) is 41.9 Å². The summed E-state index contributed by atoms with van der Waals surface area (Å²) < 4.78 is 1.19. The Bertz CT molecular complexity index is 756. The summed E-state index contributed by atoms with van der Waals surface area (Å²) in [6, 6.07) is 8.67. The van der Waals surface area contributed by atoms with E-state index in [0.29, 0.717) is 5.92 Å². The van der Waals surface area contributed by atoms with Crippen molar-refractivity contribution in [2.45, 2.75) is 45.2 Å². The minimum absolute atomic E-state index is 0.0596. The molecule has 3 saturated heterocycles. The zero-order chi connectivity index (χ0) is 16.2. The van der Waals surface area contributed by atoms with Crippen LogP contribution in [0.4, 0.5) is 0 Å². The molecule has 3 nitrogen and oxygen atoms in total. The second kappa shape index (κ2) is 5.32. The van der Waals surface area contributed by atoms with Gasteiger partial charge in [0.05, 0.1) is 4.88 Å². The summed E-state index contributed by atoms with van der Waals surface area (Å²) in [5.74, 6) is 0.714. The molecule has 23 heavy (non-hydrogen) atoms. The molecular formula is C19H24N2OS. The molecule has 0 aliphatic carbocycles. The normalized spacial score (nSPS) is 28.9. The number of nitrogens with zero attached hydrogens (tertiary/aromatic N) is 1. The van der Waals surface area contributed by atoms with Crippen molar-refractivity contribution in [1.29, 1.82) is 0 Å². The third-order valence-electron chi connectivity index (χ3n) is 5.77. The number of hydrogen-bond acceptors (Lipinski definition) is 3. The zero-order valence-corrected chi connectivity index (χ0v) is 14.9. The van der Waals surface area contributed by atoms with E-state index in [2.05, 4.69) is 49.2 Å². The molecule has 1 amide bonds. The first-order chi connectivity index (χ1) is 10.9. The van der Waals surface area contributed by atoms with E-state index in [1.54, 1.807) is 11.3 Å². The van der Waals surface area contributed by atoms with Gasteiger partial charge in [-0.2, -0.15) is 0 Å². The SMILES string of the molecule is Cc1ccc2sc(C(=O)N[C@H]3C4CCN(CC4)C3(C)C)cc2c1. The average Bonchev–Trinajstić information content (AvgIpc) is 2.94. The molecule has 0 spiro atoms. The van der Waals surface area contributed by atoms with Gasteiger partial charge < -0.3 is 5.32 Å². The Morgan fingerprint density at radius 3 is 2.70 bits per heavy atom. The van der Waals surface area contributed by atoms with Crippen molar-refractivity contribution in [2.75, 3.05) is 13.1 Å². The Hall–Kier alpha value is -1.39. The highest BCUT2D eigenvalue weighted by atomic mass is 32.1. The van der Waals surface area contributed by atoms with Gasteiger partial charge in [0.25, 0.3) is 5.91 Å². The van der Waals surface area contributed by atoms with Crippen LogP contribution in [0, 0.1) is 12.8 Å². The van der Waals surface area contributed by atoms with Gasteiger partial charge in [-0.25, -0.2) is 0 Å². The summed E-state index contributed by atoms with van der Waals surface area (Å²) in [5.41, 5.74) is 1.30. The second-order valence-electron chi connectivity index (χ2n) is 7.58. The minimum atomic E-state index is 0.0596. The van der Waals surface area contributed by atoms with Crippen molar-refractivity contribution >= 4 is 27.3 Å². The summed E-state index contributed by atoms with van der Waals surface area (Å²) in [6.45, 7) is 8.99. The molecule has 2 bridgehead atoms. The average molecular weight is 328 g/mol. The van der Waals surface area contributed by atoms with E-state index in [1.165, 1.54) is 41.6 Å². The van der Waals surface area contributed by atoms with E-state index in [9.17, 15) is 4.79 Å². The number of aryl methyl sites for hydroxylation is 1. The molecule has 0 radical (unpaired) electrons. The van der Waals surface area contributed by atoms with Crippen molar-refractivity contribution in [3.63, 3.8) is 0 Å². The van der Waals surface area contributed by atoms with Crippen molar-refractivity contribution < 1.29 is 4.79 Å². The van der Waals surface area contributed by atoms with Crippen LogP contribution in [-0.2, 0) is 0 Å². The van der Waals surface area contributed by atoms with E-state index < -0.39 is 0 Å². The topological polar surface area (TPSA) is 32.3 Å². The Morgan fingerprint density at radius 1 is 1.26 bits per heavy atom. The number of amides is 1. The van der Waals surface area contributed by atoms with Crippen LogP contribution in [-0.4, -0.2) is 35.5 Å². The number of benzene rings is 1. The van der Waals surface area contributed by atoms with Crippen molar-refractivity contribution in [3.8, 4) is 0 Å². The number of carbonyl (C=O) groups excluding carboxylic acids is 1. The molecule has 1 N–H and O–H groups in total. The maximum Gasteiger partial charge on any atom is 0.261 e. The van der Waals surface area contributed by atoms with Crippen LogP contribution >= 0.6 is 11.3 Å². The van der Waals surface area contributed by atoms with Gasteiger partial charge in [-0.05, 0) is 70.1 Å². The highest BCUT2D eigenvalue weighted by Crippen LogP contribution is 2.39. The van der Waals surface area contributed by atoms with E-state index in [1.807, 2.05) is 6.07 Å². The van der Waals surface area contributed by atoms with Crippen molar-refractivity contribution in [1.82, 2.24) is 10.2 Å². The lowest BCUT2D eigenvalue weighted by molar-refractivity contribution is -0.0377. The van der Waals surface area contributed by atoms with E-state index >= 15 is 0 Å². The lowest BCUT2D eigenvalue weighted by Gasteiger charge is -2.56. The number of hydrogen-bond donors (Lipinski definition) is 1. The molecule has 1 aromatic heterocycles.